The number of piperidine rings is 1. The number of likely N-dealkylation sites (tertiary alicyclic amines) is 1. The lowest BCUT2D eigenvalue weighted by Gasteiger charge is -2.35. The minimum absolute atomic E-state index is 0.0308. The van der Waals surface area contributed by atoms with Crippen molar-refractivity contribution in [3.05, 3.63) is 16.9 Å². The van der Waals surface area contributed by atoms with Gasteiger partial charge in [0.2, 0.25) is 0 Å². The Morgan fingerprint density at radius 1 is 1.53 bits per heavy atom. The first-order chi connectivity index (χ1) is 9.09. The van der Waals surface area contributed by atoms with E-state index in [1.807, 2.05) is 0 Å². The van der Waals surface area contributed by atoms with E-state index in [0.29, 0.717) is 18.0 Å². The van der Waals surface area contributed by atoms with Crippen molar-refractivity contribution in [3.8, 4) is 0 Å². The molecule has 0 aromatic carbocycles. The predicted octanol–water partition coefficient (Wildman–Crippen LogP) is 1.92. The summed E-state index contributed by atoms with van der Waals surface area (Å²) in [5.41, 5.74) is 0.281. The highest BCUT2D eigenvalue weighted by Crippen LogP contribution is 2.24. The third kappa shape index (κ3) is 3.26. The van der Waals surface area contributed by atoms with Crippen molar-refractivity contribution in [2.75, 3.05) is 6.54 Å². The third-order valence-corrected chi connectivity index (χ3v) is 3.67. The van der Waals surface area contributed by atoms with Crippen LogP contribution in [0, 0.1) is 0 Å². The topological polar surface area (TPSA) is 86.3 Å². The van der Waals surface area contributed by atoms with Crippen LogP contribution in [0.5, 0.6) is 0 Å². The van der Waals surface area contributed by atoms with Crippen LogP contribution in [0.1, 0.15) is 42.6 Å². The number of nitrogens with zero attached hydrogens (tertiary/aromatic N) is 2. The molecular formula is C12H16ClN3O3. The van der Waals surface area contributed by atoms with Crippen LogP contribution in [-0.4, -0.2) is 44.7 Å². The van der Waals surface area contributed by atoms with Gasteiger partial charge in [-0.05, 0) is 25.7 Å². The van der Waals surface area contributed by atoms with Crippen LogP contribution in [-0.2, 0) is 4.79 Å². The minimum Gasteiger partial charge on any atom is -0.481 e. The second-order valence-corrected chi connectivity index (χ2v) is 5.08. The molecule has 1 aromatic rings. The highest BCUT2D eigenvalue weighted by molar-refractivity contribution is 6.33. The summed E-state index contributed by atoms with van der Waals surface area (Å²) in [7, 11) is 0. The SMILES string of the molecule is O=C(O)CC[C@@H]1CCCCN1C(=O)c1[nH]ncc1Cl. The number of carbonyl (C=O) groups excluding carboxylic acids is 1. The van der Waals surface area contributed by atoms with Gasteiger partial charge in [0.15, 0.2) is 0 Å². The predicted molar refractivity (Wildman–Crippen MR) is 69.1 cm³/mol. The molecule has 1 amide bonds. The third-order valence-electron chi connectivity index (χ3n) is 3.39. The number of amides is 1. The molecule has 0 unspecified atom stereocenters. The highest BCUT2D eigenvalue weighted by atomic mass is 35.5. The number of carboxylic acid groups (broad SMARTS) is 1. The maximum atomic E-state index is 12.4. The lowest BCUT2D eigenvalue weighted by atomic mass is 9.97. The first-order valence-corrected chi connectivity index (χ1v) is 6.69. The first kappa shape index (κ1) is 13.9. The fraction of sp³-hybridized carbons (Fsp3) is 0.583. The first-order valence-electron chi connectivity index (χ1n) is 6.31. The van der Waals surface area contributed by atoms with Crippen LogP contribution in [0.15, 0.2) is 6.20 Å². The summed E-state index contributed by atoms with van der Waals surface area (Å²) in [6, 6.07) is -0.0308. The fourth-order valence-corrected chi connectivity index (χ4v) is 2.60. The zero-order valence-corrected chi connectivity index (χ0v) is 11.2. The van der Waals surface area contributed by atoms with Crippen LogP contribution >= 0.6 is 11.6 Å². The molecule has 0 saturated carbocycles. The number of aromatic nitrogens is 2. The van der Waals surface area contributed by atoms with Crippen molar-refractivity contribution in [1.29, 1.82) is 0 Å². The molecule has 1 aromatic heterocycles. The van der Waals surface area contributed by atoms with Gasteiger partial charge in [0, 0.05) is 19.0 Å². The minimum atomic E-state index is -0.836. The molecule has 104 valence electrons. The molecule has 0 bridgehead atoms. The average molecular weight is 286 g/mol. The van der Waals surface area contributed by atoms with E-state index >= 15 is 0 Å². The maximum absolute atomic E-state index is 12.4. The van der Waals surface area contributed by atoms with E-state index in [1.165, 1.54) is 6.20 Å². The Hall–Kier alpha value is -1.56. The summed E-state index contributed by atoms with van der Waals surface area (Å²) in [6.45, 7) is 0.637. The Morgan fingerprint density at radius 3 is 2.95 bits per heavy atom. The van der Waals surface area contributed by atoms with Gasteiger partial charge in [-0.15, -0.1) is 0 Å². The number of aliphatic carboxylic acids is 1. The van der Waals surface area contributed by atoms with E-state index < -0.39 is 5.97 Å². The molecule has 7 heteroatoms. The fourth-order valence-electron chi connectivity index (χ4n) is 2.42. The maximum Gasteiger partial charge on any atom is 0.303 e. The summed E-state index contributed by atoms with van der Waals surface area (Å²) in [5, 5.41) is 15.4. The van der Waals surface area contributed by atoms with Crippen LogP contribution < -0.4 is 0 Å². The molecule has 2 N–H and O–H groups in total. The Labute approximate surface area is 115 Å². The molecule has 1 aliphatic heterocycles. The van der Waals surface area contributed by atoms with Crippen molar-refractivity contribution in [1.82, 2.24) is 15.1 Å². The molecule has 1 fully saturated rings. The Kier molecular flexibility index (Phi) is 4.42. The summed E-state index contributed by atoms with van der Waals surface area (Å²) in [5.74, 6) is -1.03. The number of carbonyl (C=O) groups is 2. The molecule has 19 heavy (non-hydrogen) atoms. The molecule has 2 heterocycles. The van der Waals surface area contributed by atoms with Gasteiger partial charge in [-0.25, -0.2) is 0 Å². The number of hydrogen-bond donors (Lipinski definition) is 2. The molecule has 0 radical (unpaired) electrons. The average Bonchev–Trinajstić information content (AvgIpc) is 2.82. The Balaban J connectivity index is 2.08. The molecular weight excluding hydrogens is 270 g/mol. The molecule has 1 saturated heterocycles. The van der Waals surface area contributed by atoms with E-state index in [-0.39, 0.29) is 24.1 Å². The number of halogens is 1. The number of aromatic amines is 1. The molecule has 6 nitrogen and oxygen atoms in total. The summed E-state index contributed by atoms with van der Waals surface area (Å²) in [6.07, 6.45) is 4.74. The van der Waals surface area contributed by atoms with Crippen LogP contribution in [0.4, 0.5) is 0 Å². The molecule has 1 aliphatic rings. The quantitative estimate of drug-likeness (QED) is 0.885. The van der Waals surface area contributed by atoms with E-state index in [1.54, 1.807) is 4.90 Å². The van der Waals surface area contributed by atoms with Crippen LogP contribution in [0.3, 0.4) is 0 Å². The molecule has 1 atom stereocenters. The monoisotopic (exact) mass is 285 g/mol. The zero-order valence-electron chi connectivity index (χ0n) is 10.4. The number of H-pyrrole nitrogens is 1. The van der Waals surface area contributed by atoms with Gasteiger partial charge >= 0.3 is 5.97 Å². The van der Waals surface area contributed by atoms with Gasteiger partial charge in [-0.2, -0.15) is 5.10 Å². The Morgan fingerprint density at radius 2 is 2.32 bits per heavy atom. The lowest BCUT2D eigenvalue weighted by molar-refractivity contribution is -0.137. The normalized spacial score (nSPS) is 19.4. The number of nitrogens with one attached hydrogen (secondary N) is 1. The van der Waals surface area contributed by atoms with Crippen LogP contribution in [0.25, 0.3) is 0 Å². The van der Waals surface area contributed by atoms with Gasteiger partial charge in [-0.3, -0.25) is 14.7 Å². The molecule has 0 spiro atoms. The van der Waals surface area contributed by atoms with Crippen molar-refractivity contribution in [3.63, 3.8) is 0 Å². The number of carboxylic acids is 1. The molecule has 0 aliphatic carbocycles. The summed E-state index contributed by atoms with van der Waals surface area (Å²) < 4.78 is 0. The van der Waals surface area contributed by atoms with Gasteiger partial charge in [0.1, 0.15) is 5.69 Å². The van der Waals surface area contributed by atoms with Gasteiger partial charge < -0.3 is 10.0 Å². The van der Waals surface area contributed by atoms with Crippen molar-refractivity contribution < 1.29 is 14.7 Å². The van der Waals surface area contributed by atoms with Crippen molar-refractivity contribution >= 4 is 23.5 Å². The van der Waals surface area contributed by atoms with E-state index in [4.69, 9.17) is 16.7 Å². The van der Waals surface area contributed by atoms with Crippen LogP contribution in [0.2, 0.25) is 5.02 Å². The van der Waals surface area contributed by atoms with Crippen molar-refractivity contribution in [2.24, 2.45) is 0 Å². The second kappa shape index (κ2) is 6.06. The molecule has 2 rings (SSSR count). The summed E-state index contributed by atoms with van der Waals surface area (Å²) in [4.78, 5) is 24.7. The zero-order chi connectivity index (χ0) is 13.8. The lowest BCUT2D eigenvalue weighted by Crippen LogP contribution is -2.44. The largest absolute Gasteiger partial charge is 0.481 e. The van der Waals surface area contributed by atoms with E-state index in [2.05, 4.69) is 10.2 Å². The number of hydrogen-bond acceptors (Lipinski definition) is 3. The van der Waals surface area contributed by atoms with E-state index in [9.17, 15) is 9.59 Å². The smallest absolute Gasteiger partial charge is 0.303 e. The second-order valence-electron chi connectivity index (χ2n) is 4.67. The standard InChI is InChI=1S/C12H16ClN3O3/c13-9-7-14-15-11(9)12(19)16-6-2-1-3-8(16)4-5-10(17)18/h7-8H,1-6H2,(H,14,15)(H,17,18)/t8-/m0/s1. The van der Waals surface area contributed by atoms with Crippen molar-refractivity contribution in [2.45, 2.75) is 38.1 Å². The highest BCUT2D eigenvalue weighted by Gasteiger charge is 2.29. The van der Waals surface area contributed by atoms with Gasteiger partial charge in [0.25, 0.3) is 5.91 Å². The number of rotatable bonds is 4. The Bertz CT molecular complexity index is 475. The van der Waals surface area contributed by atoms with Gasteiger partial charge in [0.05, 0.1) is 11.2 Å². The van der Waals surface area contributed by atoms with Gasteiger partial charge in [-0.1, -0.05) is 11.6 Å². The van der Waals surface area contributed by atoms with E-state index in [0.717, 1.165) is 19.3 Å². The summed E-state index contributed by atoms with van der Waals surface area (Å²) >= 11 is 5.89.